The molecule has 1 aliphatic rings. The third-order valence-corrected chi connectivity index (χ3v) is 5.26. The Balaban J connectivity index is 1.45. The van der Waals surface area contributed by atoms with Gasteiger partial charge in [0.15, 0.2) is 0 Å². The topological polar surface area (TPSA) is 108 Å². The van der Waals surface area contributed by atoms with Gasteiger partial charge in [-0.15, -0.1) is 13.2 Å². The van der Waals surface area contributed by atoms with E-state index in [4.69, 9.17) is 10.5 Å². The van der Waals surface area contributed by atoms with Gasteiger partial charge in [-0.2, -0.15) is 0 Å². The van der Waals surface area contributed by atoms with Crippen molar-refractivity contribution in [2.24, 2.45) is 0 Å². The van der Waals surface area contributed by atoms with Crippen molar-refractivity contribution in [1.29, 1.82) is 0 Å². The van der Waals surface area contributed by atoms with E-state index in [9.17, 15) is 18.0 Å². The third kappa shape index (κ3) is 3.29. The molecule has 0 radical (unpaired) electrons. The van der Waals surface area contributed by atoms with E-state index in [1.807, 2.05) is 0 Å². The van der Waals surface area contributed by atoms with Crippen LogP contribution in [0.5, 0.6) is 11.6 Å². The van der Waals surface area contributed by atoms with Crippen LogP contribution in [-0.2, 0) is 0 Å². The normalized spacial score (nSPS) is 15.6. The molecule has 5 rings (SSSR count). The van der Waals surface area contributed by atoms with Gasteiger partial charge in [0.2, 0.25) is 5.88 Å². The number of carbonyl (C=O) groups is 1. The number of amides is 1. The monoisotopic (exact) mass is 444 g/mol. The molecule has 12 heteroatoms. The van der Waals surface area contributed by atoms with Gasteiger partial charge in [-0.3, -0.25) is 9.20 Å². The fourth-order valence-electron chi connectivity index (χ4n) is 3.71. The molecule has 4 heterocycles. The van der Waals surface area contributed by atoms with Crippen LogP contribution in [0.2, 0.25) is 0 Å². The van der Waals surface area contributed by atoms with Crippen LogP contribution in [0.1, 0.15) is 22.0 Å². The largest absolute Gasteiger partial charge is 0.574 e. The Morgan fingerprint density at radius 2 is 2.09 bits per heavy atom. The number of rotatable bonds is 3. The minimum atomic E-state index is -4.86. The van der Waals surface area contributed by atoms with Gasteiger partial charge in [-0.05, 0) is 18.2 Å². The van der Waals surface area contributed by atoms with Crippen molar-refractivity contribution >= 4 is 28.3 Å². The van der Waals surface area contributed by atoms with E-state index < -0.39 is 18.3 Å². The summed E-state index contributed by atoms with van der Waals surface area (Å²) >= 11 is 0. The number of nitrogens with zero attached hydrogens (tertiary/aromatic N) is 5. The number of halogens is 3. The molecule has 1 amide bonds. The molecule has 0 bridgehead atoms. The number of nitrogen functional groups attached to an aromatic ring is 1. The van der Waals surface area contributed by atoms with E-state index in [2.05, 4.69) is 19.7 Å². The quantitative estimate of drug-likeness (QED) is 0.518. The second-order valence-electron chi connectivity index (χ2n) is 7.20. The zero-order valence-electron chi connectivity index (χ0n) is 16.5. The van der Waals surface area contributed by atoms with E-state index in [0.717, 1.165) is 6.07 Å². The first-order valence-electron chi connectivity index (χ1n) is 9.38. The fraction of sp³-hybridized carbons (Fsp3) is 0.200. The lowest BCUT2D eigenvalue weighted by atomic mass is 10.1. The van der Waals surface area contributed by atoms with Crippen LogP contribution in [0.3, 0.4) is 0 Å². The molecule has 0 fully saturated rings. The zero-order valence-corrected chi connectivity index (χ0v) is 16.5. The maximum Gasteiger partial charge on any atom is 0.574 e. The van der Waals surface area contributed by atoms with Crippen molar-refractivity contribution in [3.63, 3.8) is 0 Å². The molecule has 9 nitrogen and oxygen atoms in total. The average Bonchev–Trinajstić information content (AvgIpc) is 3.39. The number of fused-ring (bicyclic) bond motifs is 4. The Morgan fingerprint density at radius 1 is 1.28 bits per heavy atom. The fourth-order valence-corrected chi connectivity index (χ4v) is 3.71. The van der Waals surface area contributed by atoms with Crippen LogP contribution in [0.4, 0.5) is 19.0 Å². The molecule has 1 aliphatic heterocycles. The van der Waals surface area contributed by atoms with E-state index in [0.29, 0.717) is 33.5 Å². The molecule has 2 N–H and O–H groups in total. The van der Waals surface area contributed by atoms with E-state index in [1.165, 1.54) is 11.1 Å². The highest BCUT2D eigenvalue weighted by molar-refractivity contribution is 5.98. The highest BCUT2D eigenvalue weighted by Crippen LogP contribution is 2.38. The van der Waals surface area contributed by atoms with Crippen molar-refractivity contribution in [2.75, 3.05) is 19.4 Å². The number of carbonyl (C=O) groups excluding carboxylic acids is 1. The lowest BCUT2D eigenvalue weighted by molar-refractivity contribution is -0.276. The Kier molecular flexibility index (Phi) is 4.32. The number of pyridine rings is 1. The number of anilines is 1. The minimum Gasteiger partial charge on any atom is -0.490 e. The summed E-state index contributed by atoms with van der Waals surface area (Å²) in [6.45, 7) is 0.0756. The first-order valence-corrected chi connectivity index (χ1v) is 9.38. The van der Waals surface area contributed by atoms with Crippen molar-refractivity contribution in [3.8, 4) is 11.6 Å². The number of likely N-dealkylation sites (N-methyl/N-ethyl adjacent to an activating group) is 1. The van der Waals surface area contributed by atoms with Crippen LogP contribution in [0.15, 0.2) is 43.0 Å². The lowest BCUT2D eigenvalue weighted by Crippen LogP contribution is -2.32. The Bertz CT molecular complexity index is 1370. The Morgan fingerprint density at radius 3 is 2.88 bits per heavy atom. The van der Waals surface area contributed by atoms with E-state index in [-0.39, 0.29) is 18.3 Å². The number of benzene rings is 1. The zero-order chi connectivity index (χ0) is 22.6. The molecule has 0 aliphatic carbocycles. The van der Waals surface area contributed by atoms with Gasteiger partial charge in [0.25, 0.3) is 5.91 Å². The van der Waals surface area contributed by atoms with Gasteiger partial charge in [0.05, 0.1) is 29.6 Å². The van der Waals surface area contributed by atoms with Crippen LogP contribution >= 0.6 is 0 Å². The number of hydrogen-bond donors (Lipinski definition) is 1. The molecule has 164 valence electrons. The number of alkyl halides is 3. The summed E-state index contributed by atoms with van der Waals surface area (Å²) in [6, 6.07) is 5.53. The van der Waals surface area contributed by atoms with Gasteiger partial charge < -0.3 is 20.1 Å². The maximum absolute atomic E-state index is 13.2. The molecular weight excluding hydrogens is 429 g/mol. The summed E-state index contributed by atoms with van der Waals surface area (Å²) in [5.74, 6) is -0.430. The summed E-state index contributed by atoms with van der Waals surface area (Å²) in [4.78, 5) is 26.7. The van der Waals surface area contributed by atoms with Crippen molar-refractivity contribution in [1.82, 2.24) is 24.3 Å². The summed E-state index contributed by atoms with van der Waals surface area (Å²) in [5.41, 5.74) is 8.70. The second kappa shape index (κ2) is 6.97. The van der Waals surface area contributed by atoms with Crippen molar-refractivity contribution in [3.05, 3.63) is 54.1 Å². The standard InChI is InChI=1S/C20H15F3N6O3/c1-28(15-8-31-16-5-17(26-6-11(15)16)32-20(21,22)23)19(30)10-2-3-12-13(4-10)29-9-25-7-14(29)18(24)27-12/h2-7,9,15H,8H2,1H3,(H2,24,27)/t15-/m1/s1. The number of ether oxygens (including phenoxy) is 2. The molecular formula is C20H15F3N6O3. The summed E-state index contributed by atoms with van der Waals surface area (Å²) in [6.07, 6.45) is -0.470. The predicted octanol–water partition coefficient (Wildman–Crippen LogP) is 2.96. The molecule has 4 aromatic rings. The average molecular weight is 444 g/mol. The SMILES string of the molecule is CN(C(=O)c1ccc2nc(N)c3cncn3c2c1)[C@@H]1COc2cc(OC(F)(F)F)ncc21. The molecule has 0 unspecified atom stereocenters. The van der Waals surface area contributed by atoms with Crippen molar-refractivity contribution < 1.29 is 27.4 Å². The maximum atomic E-state index is 13.2. The molecule has 0 spiro atoms. The highest BCUT2D eigenvalue weighted by Gasteiger charge is 2.35. The first-order chi connectivity index (χ1) is 15.2. The smallest absolute Gasteiger partial charge is 0.490 e. The minimum absolute atomic E-state index is 0.0756. The van der Waals surface area contributed by atoms with Crippen LogP contribution in [0.25, 0.3) is 16.6 Å². The van der Waals surface area contributed by atoms with Gasteiger partial charge in [-0.1, -0.05) is 0 Å². The predicted molar refractivity (Wildman–Crippen MR) is 106 cm³/mol. The van der Waals surface area contributed by atoms with Gasteiger partial charge in [0.1, 0.15) is 23.7 Å². The van der Waals surface area contributed by atoms with E-state index >= 15 is 0 Å². The lowest BCUT2D eigenvalue weighted by Gasteiger charge is -2.23. The molecule has 1 atom stereocenters. The van der Waals surface area contributed by atoms with Crippen LogP contribution in [-0.4, -0.2) is 50.2 Å². The molecule has 0 saturated carbocycles. The van der Waals surface area contributed by atoms with Crippen molar-refractivity contribution in [2.45, 2.75) is 12.4 Å². The molecule has 3 aromatic heterocycles. The van der Waals surface area contributed by atoms with Crippen LogP contribution < -0.4 is 15.2 Å². The second-order valence-corrected chi connectivity index (χ2v) is 7.20. The molecule has 0 saturated heterocycles. The molecule has 32 heavy (non-hydrogen) atoms. The highest BCUT2D eigenvalue weighted by atomic mass is 19.4. The van der Waals surface area contributed by atoms with Gasteiger partial charge in [-0.25, -0.2) is 15.0 Å². The summed E-state index contributed by atoms with van der Waals surface area (Å²) < 4.78 is 48.3. The summed E-state index contributed by atoms with van der Waals surface area (Å²) in [7, 11) is 1.59. The Labute approximate surface area is 178 Å². The van der Waals surface area contributed by atoms with Crippen LogP contribution in [0, 0.1) is 0 Å². The number of imidazole rings is 1. The van der Waals surface area contributed by atoms with Gasteiger partial charge in [0, 0.05) is 30.4 Å². The molecule has 1 aromatic carbocycles. The Hall–Kier alpha value is -4.09. The number of hydrogen-bond acceptors (Lipinski definition) is 7. The summed E-state index contributed by atoms with van der Waals surface area (Å²) in [5, 5.41) is 0. The number of aromatic nitrogens is 4. The third-order valence-electron chi connectivity index (χ3n) is 5.26. The number of nitrogens with two attached hydrogens (primary N) is 1. The van der Waals surface area contributed by atoms with E-state index in [1.54, 1.807) is 42.2 Å². The van der Waals surface area contributed by atoms with Gasteiger partial charge >= 0.3 is 6.36 Å². The first kappa shape index (κ1) is 19.8.